The Morgan fingerprint density at radius 2 is 2.12 bits per heavy atom. The van der Waals surface area contributed by atoms with Crippen molar-refractivity contribution in [2.75, 3.05) is 19.8 Å². The van der Waals surface area contributed by atoms with E-state index >= 15 is 0 Å². The molecule has 0 saturated heterocycles. The van der Waals surface area contributed by atoms with Crippen LogP contribution < -0.4 is 0 Å². The van der Waals surface area contributed by atoms with Crippen molar-refractivity contribution in [1.82, 2.24) is 10.1 Å². The second-order valence-electron chi connectivity index (χ2n) is 4.95. The Balaban J connectivity index is 2.36. The number of hydrogen-bond acceptors (Lipinski definition) is 4. The highest BCUT2D eigenvalue weighted by atomic mass is 32.2. The molecule has 17 heavy (non-hydrogen) atoms. The van der Waals surface area contributed by atoms with Gasteiger partial charge in [0.05, 0.1) is 12.2 Å². The number of aromatic nitrogens is 1. The second-order valence-corrected chi connectivity index (χ2v) is 6.22. The summed E-state index contributed by atoms with van der Waals surface area (Å²) < 4.78 is 5.33. The molecule has 3 nitrogen and oxygen atoms in total. The molecule has 0 N–H and O–H groups in total. The molecule has 0 aliphatic rings. The molecule has 0 radical (unpaired) electrons. The Morgan fingerprint density at radius 3 is 2.65 bits per heavy atom. The van der Waals surface area contributed by atoms with Gasteiger partial charge in [-0.05, 0) is 32.2 Å². The topological polar surface area (TPSA) is 29.3 Å². The van der Waals surface area contributed by atoms with Gasteiger partial charge >= 0.3 is 0 Å². The van der Waals surface area contributed by atoms with Gasteiger partial charge in [-0.25, -0.2) is 0 Å². The molecule has 0 spiro atoms. The highest BCUT2D eigenvalue weighted by Crippen LogP contribution is 2.16. The summed E-state index contributed by atoms with van der Waals surface area (Å²) in [4.78, 5) is 2.29. The van der Waals surface area contributed by atoms with Gasteiger partial charge in [0.1, 0.15) is 0 Å². The summed E-state index contributed by atoms with van der Waals surface area (Å²) in [6.07, 6.45) is 3.37. The van der Waals surface area contributed by atoms with Crippen LogP contribution in [0.2, 0.25) is 0 Å². The van der Waals surface area contributed by atoms with Crippen LogP contribution >= 0.6 is 11.8 Å². The molecular formula is C13H24N2OS. The summed E-state index contributed by atoms with van der Waals surface area (Å²) in [5.74, 6) is 1.40. The molecule has 0 saturated carbocycles. The van der Waals surface area contributed by atoms with Gasteiger partial charge < -0.3 is 4.52 Å². The van der Waals surface area contributed by atoms with Crippen molar-refractivity contribution in [1.29, 1.82) is 0 Å². The Kier molecular flexibility index (Phi) is 6.06. The number of hydrogen-bond donors (Lipinski definition) is 0. The molecule has 1 heterocycles. The average molecular weight is 256 g/mol. The van der Waals surface area contributed by atoms with Crippen molar-refractivity contribution < 1.29 is 4.52 Å². The van der Waals surface area contributed by atoms with Crippen LogP contribution in [0.25, 0.3) is 0 Å². The first-order valence-electron chi connectivity index (χ1n) is 6.19. The van der Waals surface area contributed by atoms with E-state index in [-0.39, 0.29) is 0 Å². The monoisotopic (exact) mass is 256 g/mol. The predicted octanol–water partition coefficient (Wildman–Crippen LogP) is 3.37. The summed E-state index contributed by atoms with van der Waals surface area (Å²) in [5.41, 5.74) is 1.05. The summed E-state index contributed by atoms with van der Waals surface area (Å²) in [6.45, 7) is 8.47. The van der Waals surface area contributed by atoms with E-state index in [1.165, 1.54) is 6.42 Å². The minimum Gasteiger partial charge on any atom is -0.360 e. The first-order valence-corrected chi connectivity index (χ1v) is 7.48. The fraction of sp³-hybridized carbons (Fsp3) is 0.769. The Bertz CT molecular complexity index is 325. The fourth-order valence-corrected chi connectivity index (χ4v) is 1.88. The third kappa shape index (κ3) is 5.13. The normalized spacial score (nSPS) is 13.6. The smallest absolute Gasteiger partial charge is 0.150 e. The number of thioether (sulfide) groups is 1. The molecule has 0 bridgehead atoms. The van der Waals surface area contributed by atoms with Crippen molar-refractivity contribution in [3.63, 3.8) is 0 Å². The Labute approximate surface area is 109 Å². The number of rotatable bonds is 7. The molecular weight excluding hydrogens is 232 g/mol. The molecule has 4 heteroatoms. The van der Waals surface area contributed by atoms with Gasteiger partial charge in [0.2, 0.25) is 0 Å². The quantitative estimate of drug-likeness (QED) is 0.748. The first-order chi connectivity index (χ1) is 8.02. The van der Waals surface area contributed by atoms with Gasteiger partial charge in [0.15, 0.2) is 5.76 Å². The van der Waals surface area contributed by atoms with E-state index in [9.17, 15) is 0 Å². The molecule has 1 aromatic heterocycles. The van der Waals surface area contributed by atoms with Crippen LogP contribution in [0.4, 0.5) is 0 Å². The van der Waals surface area contributed by atoms with E-state index in [0.29, 0.717) is 5.92 Å². The zero-order valence-corrected chi connectivity index (χ0v) is 12.4. The van der Waals surface area contributed by atoms with E-state index in [4.69, 9.17) is 4.52 Å². The minimum absolute atomic E-state index is 0.439. The third-order valence-electron chi connectivity index (χ3n) is 2.91. The molecule has 1 aromatic rings. The Morgan fingerprint density at radius 1 is 1.41 bits per heavy atom. The standard InChI is InChI=1S/C13H24N2OS/c1-10(2)13-8-12(16-14-13)9-15(4)7-6-11(3)17-5/h8,10-11H,6-7,9H2,1-5H3. The van der Waals surface area contributed by atoms with Gasteiger partial charge in [0.25, 0.3) is 0 Å². The molecule has 98 valence electrons. The Hall–Kier alpha value is -0.480. The lowest BCUT2D eigenvalue weighted by Gasteiger charge is -2.16. The van der Waals surface area contributed by atoms with Gasteiger partial charge in [-0.1, -0.05) is 25.9 Å². The SMILES string of the molecule is CSC(C)CCN(C)Cc1cc(C(C)C)no1. The van der Waals surface area contributed by atoms with E-state index < -0.39 is 0 Å². The predicted molar refractivity (Wildman–Crippen MR) is 74.5 cm³/mol. The van der Waals surface area contributed by atoms with Crippen molar-refractivity contribution >= 4 is 11.8 Å². The fourth-order valence-electron chi connectivity index (χ4n) is 1.54. The van der Waals surface area contributed by atoms with Crippen molar-refractivity contribution in [2.24, 2.45) is 0 Å². The lowest BCUT2D eigenvalue weighted by molar-refractivity contribution is 0.269. The van der Waals surface area contributed by atoms with Crippen LogP contribution in [-0.4, -0.2) is 35.2 Å². The maximum absolute atomic E-state index is 5.33. The van der Waals surface area contributed by atoms with Crippen LogP contribution in [-0.2, 0) is 6.54 Å². The van der Waals surface area contributed by atoms with Gasteiger partial charge in [-0.2, -0.15) is 11.8 Å². The van der Waals surface area contributed by atoms with E-state index in [0.717, 1.165) is 29.8 Å². The summed E-state index contributed by atoms with van der Waals surface area (Å²) in [7, 11) is 2.13. The second kappa shape index (κ2) is 7.07. The maximum Gasteiger partial charge on any atom is 0.150 e. The molecule has 0 aromatic carbocycles. The van der Waals surface area contributed by atoms with Crippen LogP contribution in [0.1, 0.15) is 44.6 Å². The van der Waals surface area contributed by atoms with Gasteiger partial charge in [-0.15, -0.1) is 0 Å². The largest absolute Gasteiger partial charge is 0.360 e. The van der Waals surface area contributed by atoms with Crippen LogP contribution in [0.3, 0.4) is 0 Å². The van der Waals surface area contributed by atoms with Crippen molar-refractivity contribution in [2.45, 2.75) is 44.9 Å². The summed E-state index contributed by atoms with van der Waals surface area (Å²) in [5, 5.41) is 4.80. The van der Waals surface area contributed by atoms with E-state index in [2.05, 4.69) is 50.2 Å². The molecule has 1 rings (SSSR count). The lowest BCUT2D eigenvalue weighted by atomic mass is 10.1. The van der Waals surface area contributed by atoms with Crippen molar-refractivity contribution in [3.05, 3.63) is 17.5 Å². The van der Waals surface area contributed by atoms with Crippen LogP contribution in [0.15, 0.2) is 10.6 Å². The summed E-state index contributed by atoms with van der Waals surface area (Å²) >= 11 is 1.92. The lowest BCUT2D eigenvalue weighted by Crippen LogP contribution is -2.21. The summed E-state index contributed by atoms with van der Waals surface area (Å²) in [6, 6.07) is 2.07. The average Bonchev–Trinajstić information content (AvgIpc) is 2.74. The highest BCUT2D eigenvalue weighted by Gasteiger charge is 2.10. The zero-order valence-electron chi connectivity index (χ0n) is 11.6. The van der Waals surface area contributed by atoms with Gasteiger partial charge in [-0.3, -0.25) is 4.90 Å². The third-order valence-corrected chi connectivity index (χ3v) is 3.95. The van der Waals surface area contributed by atoms with E-state index in [1.807, 2.05) is 11.8 Å². The zero-order chi connectivity index (χ0) is 12.8. The molecule has 0 amide bonds. The van der Waals surface area contributed by atoms with E-state index in [1.54, 1.807) is 0 Å². The molecule has 0 fully saturated rings. The first kappa shape index (κ1) is 14.6. The molecule has 0 aliphatic heterocycles. The molecule has 1 atom stereocenters. The number of nitrogens with zero attached hydrogens (tertiary/aromatic N) is 2. The van der Waals surface area contributed by atoms with Crippen molar-refractivity contribution in [3.8, 4) is 0 Å². The van der Waals surface area contributed by atoms with Gasteiger partial charge in [0, 0.05) is 11.3 Å². The van der Waals surface area contributed by atoms with Crippen LogP contribution in [0, 0.1) is 0 Å². The molecule has 0 aliphatic carbocycles. The highest BCUT2D eigenvalue weighted by molar-refractivity contribution is 7.99. The minimum atomic E-state index is 0.439. The maximum atomic E-state index is 5.33. The molecule has 1 unspecified atom stereocenters. The van der Waals surface area contributed by atoms with Crippen LogP contribution in [0.5, 0.6) is 0 Å².